The van der Waals surface area contributed by atoms with Crippen LogP contribution in [0.25, 0.3) is 33.4 Å². The van der Waals surface area contributed by atoms with Crippen LogP contribution in [0.2, 0.25) is 0 Å². The lowest BCUT2D eigenvalue weighted by atomic mass is 9.90. The molecule has 0 fully saturated rings. The van der Waals surface area contributed by atoms with Gasteiger partial charge in [0.05, 0.1) is 0 Å². The second kappa shape index (κ2) is 10.1. The summed E-state index contributed by atoms with van der Waals surface area (Å²) in [6.07, 6.45) is 1.42. The van der Waals surface area contributed by atoms with Crippen molar-refractivity contribution in [2.24, 2.45) is 0 Å². The fourth-order valence-corrected chi connectivity index (χ4v) is 3.12. The maximum Gasteiger partial charge on any atom is 0.182 e. The summed E-state index contributed by atoms with van der Waals surface area (Å²) in [6.45, 7) is 0. The van der Waals surface area contributed by atoms with Gasteiger partial charge in [0.15, 0.2) is 11.7 Å². The Morgan fingerprint density at radius 1 is 0.800 bits per heavy atom. The van der Waals surface area contributed by atoms with Crippen molar-refractivity contribution in [3.63, 3.8) is 0 Å². The normalized spacial score (nSPS) is 9.87. The molecule has 7 heteroatoms. The highest BCUT2D eigenvalue weighted by molar-refractivity contribution is 6.06. The summed E-state index contributed by atoms with van der Waals surface area (Å²) >= 11 is 0. The minimum absolute atomic E-state index is 0.0158. The van der Waals surface area contributed by atoms with Crippen LogP contribution in [0, 0.1) is 0 Å². The first-order chi connectivity index (χ1) is 14.6. The summed E-state index contributed by atoms with van der Waals surface area (Å²) in [5, 5.41) is 24.4. The van der Waals surface area contributed by atoms with E-state index in [-0.39, 0.29) is 11.2 Å². The first kappa shape index (κ1) is 22.5. The van der Waals surface area contributed by atoms with Crippen LogP contribution in [0.1, 0.15) is 20.7 Å². The van der Waals surface area contributed by atoms with E-state index in [9.17, 15) is 19.5 Å². The van der Waals surface area contributed by atoms with Crippen LogP contribution in [0.4, 0.5) is 0 Å². The van der Waals surface area contributed by atoms with E-state index in [4.69, 9.17) is 14.6 Å². The van der Waals surface area contributed by atoms with E-state index in [1.807, 2.05) is 0 Å². The molecule has 30 heavy (non-hydrogen) atoms. The van der Waals surface area contributed by atoms with Crippen LogP contribution in [0.15, 0.2) is 63.8 Å². The smallest absolute Gasteiger partial charge is 0.182 e. The number of carbonyl (C=O) groups is 2. The highest BCUT2D eigenvalue weighted by atomic mass is 16.3. The molecule has 2 aliphatic rings. The van der Waals surface area contributed by atoms with Gasteiger partial charge in [-0.1, -0.05) is 12.1 Å². The van der Waals surface area contributed by atoms with E-state index < -0.39 is 0 Å². The van der Waals surface area contributed by atoms with Gasteiger partial charge < -0.3 is 19.7 Å². The minimum Gasteiger partial charge on any atom is -0.508 e. The molecule has 1 aliphatic carbocycles. The third-order valence-corrected chi connectivity index (χ3v) is 4.29. The average molecular weight is 408 g/mol. The molecule has 7 nitrogen and oxygen atoms in total. The largest absolute Gasteiger partial charge is 0.508 e. The number of hydrogen-bond donors (Lipinski definition) is 3. The number of hydrogen-bond acceptors (Lipinski definition) is 7. The number of carbonyl (C=O) groups excluding carboxylic acids is 2. The first-order valence-electron chi connectivity index (χ1n) is 8.74. The maximum absolute atomic E-state index is 11.7. The van der Waals surface area contributed by atoms with Gasteiger partial charge in [-0.3, -0.25) is 14.4 Å². The molecule has 0 aromatic heterocycles. The molecular weight excluding hydrogens is 388 g/mol. The molecule has 0 bridgehead atoms. The third kappa shape index (κ3) is 4.27. The van der Waals surface area contributed by atoms with Crippen LogP contribution in [0.3, 0.4) is 0 Å². The Kier molecular flexibility index (Phi) is 7.57. The number of aliphatic hydroxyl groups excluding tert-OH is 2. The number of aromatic hydroxyl groups is 1. The van der Waals surface area contributed by atoms with Crippen LogP contribution in [-0.4, -0.2) is 42.1 Å². The minimum atomic E-state index is -0.219. The zero-order valence-electron chi connectivity index (χ0n) is 16.3. The molecule has 154 valence electrons. The second-order valence-corrected chi connectivity index (χ2v) is 5.90. The van der Waals surface area contributed by atoms with E-state index in [2.05, 4.69) is 0 Å². The van der Waals surface area contributed by atoms with Gasteiger partial charge in [-0.05, 0) is 35.9 Å². The van der Waals surface area contributed by atoms with Gasteiger partial charge in [0.1, 0.15) is 23.4 Å². The van der Waals surface area contributed by atoms with Crippen LogP contribution in [0.5, 0.6) is 5.75 Å². The van der Waals surface area contributed by atoms with Crippen molar-refractivity contribution in [2.45, 2.75) is 0 Å². The van der Waals surface area contributed by atoms with E-state index in [0.717, 1.165) is 14.2 Å². The molecule has 2 aromatic rings. The zero-order chi connectivity index (χ0) is 22.3. The number of benzene rings is 3. The van der Waals surface area contributed by atoms with Crippen molar-refractivity contribution in [1.29, 1.82) is 0 Å². The van der Waals surface area contributed by atoms with Gasteiger partial charge >= 0.3 is 0 Å². The highest BCUT2D eigenvalue weighted by Gasteiger charge is 2.20. The Morgan fingerprint density at radius 2 is 1.53 bits per heavy atom. The van der Waals surface area contributed by atoms with Crippen LogP contribution < -0.4 is 5.43 Å². The van der Waals surface area contributed by atoms with Gasteiger partial charge in [-0.15, -0.1) is 0 Å². The summed E-state index contributed by atoms with van der Waals surface area (Å²) in [5.74, 6) is 0.348. The molecule has 4 rings (SSSR count). The Hall–Kier alpha value is -3.81. The van der Waals surface area contributed by atoms with Crippen molar-refractivity contribution >= 4 is 23.5 Å². The molecule has 1 aliphatic heterocycles. The van der Waals surface area contributed by atoms with E-state index in [1.165, 1.54) is 24.3 Å². The number of rotatable bonds is 3. The topological polar surface area (TPSA) is 125 Å². The number of phenols is 1. The van der Waals surface area contributed by atoms with Gasteiger partial charge in [0.25, 0.3) is 0 Å². The standard InChI is InChI=1S/C21H12O5.2CH4O/c22-10-12-1-2-13(11-23)18(7-12)21-16-5-3-14(24)8-19(16)26-20-9-15(25)4-6-17(20)21;2*1-2/h1-11,24H;2*2H,1H3. The van der Waals surface area contributed by atoms with Crippen LogP contribution in [-0.2, 0) is 0 Å². The van der Waals surface area contributed by atoms with Gasteiger partial charge in [-0.2, -0.15) is 0 Å². The van der Waals surface area contributed by atoms with Gasteiger partial charge in [0.2, 0.25) is 0 Å². The Bertz CT molecular complexity index is 1210. The first-order valence-corrected chi connectivity index (χ1v) is 8.74. The lowest BCUT2D eigenvalue weighted by Gasteiger charge is -2.16. The molecule has 3 N–H and O–H groups in total. The van der Waals surface area contributed by atoms with Gasteiger partial charge in [-0.25, -0.2) is 0 Å². The predicted molar refractivity (Wildman–Crippen MR) is 113 cm³/mol. The molecule has 0 atom stereocenters. The third-order valence-electron chi connectivity index (χ3n) is 4.29. The van der Waals surface area contributed by atoms with Crippen molar-refractivity contribution in [1.82, 2.24) is 0 Å². The Morgan fingerprint density at radius 3 is 2.20 bits per heavy atom. The summed E-state index contributed by atoms with van der Waals surface area (Å²) in [6, 6.07) is 13.8. The summed E-state index contributed by atoms with van der Waals surface area (Å²) in [4.78, 5) is 34.5. The maximum atomic E-state index is 11.7. The number of fused-ring (bicyclic) bond motifs is 2. The number of aldehydes is 2. The highest BCUT2D eigenvalue weighted by Crippen LogP contribution is 2.41. The molecule has 2 aromatic carbocycles. The molecule has 1 heterocycles. The van der Waals surface area contributed by atoms with Gasteiger partial charge in [0, 0.05) is 54.0 Å². The molecule has 0 amide bonds. The molecule has 0 saturated heterocycles. The lowest BCUT2D eigenvalue weighted by molar-refractivity contribution is 0.111. The van der Waals surface area contributed by atoms with E-state index in [0.29, 0.717) is 57.1 Å². The fraction of sp³-hybridized carbons (Fsp3) is 0.0870. The molecule has 0 spiro atoms. The van der Waals surface area contributed by atoms with Crippen molar-refractivity contribution < 1.29 is 29.3 Å². The number of phenolic OH excluding ortho intramolecular Hbond substituents is 1. The summed E-state index contributed by atoms with van der Waals surface area (Å²) in [5.41, 5.74) is 2.83. The zero-order valence-corrected chi connectivity index (χ0v) is 16.3. The fourth-order valence-electron chi connectivity index (χ4n) is 3.12. The number of aliphatic hydroxyl groups is 2. The summed E-state index contributed by atoms with van der Waals surface area (Å²) < 4.78 is 5.78. The average Bonchev–Trinajstić information content (AvgIpc) is 2.79. The molecule has 0 radical (unpaired) electrons. The van der Waals surface area contributed by atoms with E-state index in [1.54, 1.807) is 30.3 Å². The molecule has 0 saturated carbocycles. The Labute approximate surface area is 171 Å². The van der Waals surface area contributed by atoms with Crippen molar-refractivity contribution in [3.8, 4) is 28.2 Å². The lowest BCUT2D eigenvalue weighted by Crippen LogP contribution is -2.01. The molecule has 0 unspecified atom stereocenters. The van der Waals surface area contributed by atoms with Crippen molar-refractivity contribution in [2.75, 3.05) is 14.2 Å². The van der Waals surface area contributed by atoms with E-state index >= 15 is 0 Å². The van der Waals surface area contributed by atoms with Crippen LogP contribution >= 0.6 is 0 Å². The SMILES string of the molecule is CO.CO.O=Cc1ccc(C=O)c(-c2c3ccc(=O)cc-3oc3cc(O)ccc23)c1. The Balaban J connectivity index is 0.000000757. The monoisotopic (exact) mass is 408 g/mol. The summed E-state index contributed by atoms with van der Waals surface area (Å²) in [7, 11) is 2.00. The quantitative estimate of drug-likeness (QED) is 0.351. The van der Waals surface area contributed by atoms with Crippen molar-refractivity contribution in [3.05, 3.63) is 75.9 Å². The predicted octanol–water partition coefficient (Wildman–Crippen LogP) is 3.11. The molecular formula is C23H20O7. The second-order valence-electron chi connectivity index (χ2n) is 5.90.